The Morgan fingerprint density at radius 2 is 2.00 bits per heavy atom. The molecule has 0 amide bonds. The monoisotopic (exact) mass is 278 g/mol. The number of rotatable bonds is 2. The normalized spacial score (nSPS) is 17.6. The Bertz CT molecular complexity index is 492. The third kappa shape index (κ3) is 2.50. The Labute approximate surface area is 106 Å². The summed E-state index contributed by atoms with van der Waals surface area (Å²) in [5.41, 5.74) is 3.05. The van der Waals surface area contributed by atoms with Gasteiger partial charge in [-0.25, -0.2) is 9.48 Å². The lowest BCUT2D eigenvalue weighted by Crippen LogP contribution is -2.30. The highest BCUT2D eigenvalue weighted by Crippen LogP contribution is 2.38. The molecule has 4 N–H and O–H groups in total. The molecule has 2 rings (SSSR count). The van der Waals surface area contributed by atoms with Gasteiger partial charge in [0.25, 0.3) is 0 Å². The number of hydrogen-bond donors (Lipinski definition) is 3. The maximum absolute atomic E-state index is 12.8. The molecular formula is C10H13F3N4O2. The van der Waals surface area contributed by atoms with Gasteiger partial charge in [0.05, 0.1) is 6.04 Å². The Balaban J connectivity index is 2.49. The molecule has 19 heavy (non-hydrogen) atoms. The van der Waals surface area contributed by atoms with Crippen molar-refractivity contribution in [2.75, 3.05) is 18.8 Å². The molecule has 106 valence electrons. The molecule has 0 radical (unpaired) electrons. The lowest BCUT2D eigenvalue weighted by molar-refractivity contribution is -0.137. The average Bonchev–Trinajstić information content (AvgIpc) is 2.68. The molecule has 1 aromatic heterocycles. The van der Waals surface area contributed by atoms with Crippen LogP contribution in [0.2, 0.25) is 0 Å². The first-order valence-corrected chi connectivity index (χ1v) is 5.71. The van der Waals surface area contributed by atoms with E-state index in [-0.39, 0.29) is 6.04 Å². The third-order valence-electron chi connectivity index (χ3n) is 3.09. The number of aromatic carboxylic acids is 1. The summed E-state index contributed by atoms with van der Waals surface area (Å²) in [6.07, 6.45) is -3.71. The van der Waals surface area contributed by atoms with Gasteiger partial charge in [0.1, 0.15) is 11.4 Å². The van der Waals surface area contributed by atoms with Crippen LogP contribution in [0.1, 0.15) is 34.9 Å². The van der Waals surface area contributed by atoms with Gasteiger partial charge < -0.3 is 16.2 Å². The number of hydrogen-bond acceptors (Lipinski definition) is 4. The van der Waals surface area contributed by atoms with E-state index in [9.17, 15) is 18.0 Å². The molecule has 0 aromatic carbocycles. The summed E-state index contributed by atoms with van der Waals surface area (Å²) in [4.78, 5) is 10.9. The summed E-state index contributed by atoms with van der Waals surface area (Å²) in [6, 6.07) is -0.310. The maximum Gasteiger partial charge on any atom is 0.422 e. The zero-order chi connectivity index (χ0) is 14.2. The zero-order valence-corrected chi connectivity index (χ0v) is 9.87. The fourth-order valence-corrected chi connectivity index (χ4v) is 2.21. The van der Waals surface area contributed by atoms with Crippen molar-refractivity contribution in [3.8, 4) is 0 Å². The topological polar surface area (TPSA) is 93.2 Å². The standard InChI is InChI=1S/C10H13F3N4O2/c11-10(12,13)6-7(9(18)19)16-17(8(6)14)5-1-3-15-4-2-5/h5,15H,1-4,14H2,(H,18,19). The molecular weight excluding hydrogens is 265 g/mol. The lowest BCUT2D eigenvalue weighted by Gasteiger charge is -2.23. The van der Waals surface area contributed by atoms with E-state index in [1.807, 2.05) is 0 Å². The Hall–Kier alpha value is -1.77. The van der Waals surface area contributed by atoms with E-state index >= 15 is 0 Å². The van der Waals surface area contributed by atoms with Gasteiger partial charge in [-0.2, -0.15) is 18.3 Å². The number of nitrogens with two attached hydrogens (primary N) is 1. The van der Waals surface area contributed by atoms with Crippen LogP contribution in [0.3, 0.4) is 0 Å². The first kappa shape index (κ1) is 13.7. The van der Waals surface area contributed by atoms with E-state index in [2.05, 4.69) is 10.4 Å². The van der Waals surface area contributed by atoms with Crippen LogP contribution in [0.25, 0.3) is 0 Å². The molecule has 1 aliphatic rings. The van der Waals surface area contributed by atoms with Crippen LogP contribution in [-0.2, 0) is 6.18 Å². The van der Waals surface area contributed by atoms with Gasteiger partial charge >= 0.3 is 12.1 Å². The van der Waals surface area contributed by atoms with E-state index in [1.165, 1.54) is 0 Å². The number of aromatic nitrogens is 2. The number of carboxylic acids is 1. The summed E-state index contributed by atoms with van der Waals surface area (Å²) in [6.45, 7) is 1.27. The first-order chi connectivity index (χ1) is 8.82. The van der Waals surface area contributed by atoms with Crippen molar-refractivity contribution in [3.05, 3.63) is 11.3 Å². The summed E-state index contributed by atoms with van der Waals surface area (Å²) < 4.78 is 39.5. The summed E-state index contributed by atoms with van der Waals surface area (Å²) in [7, 11) is 0. The van der Waals surface area contributed by atoms with Crippen molar-refractivity contribution in [1.29, 1.82) is 0 Å². The second-order valence-electron chi connectivity index (χ2n) is 4.34. The summed E-state index contributed by atoms with van der Waals surface area (Å²) in [5.74, 6) is -2.36. The van der Waals surface area contributed by atoms with Gasteiger partial charge in [0.15, 0.2) is 5.69 Å². The summed E-state index contributed by atoms with van der Waals surface area (Å²) in [5, 5.41) is 15.4. The zero-order valence-electron chi connectivity index (χ0n) is 9.87. The molecule has 0 saturated carbocycles. The van der Waals surface area contributed by atoms with E-state index in [0.717, 1.165) is 4.68 Å². The van der Waals surface area contributed by atoms with Crippen LogP contribution in [0.15, 0.2) is 0 Å². The number of halogens is 3. The van der Waals surface area contributed by atoms with E-state index in [1.54, 1.807) is 0 Å². The number of carbonyl (C=O) groups is 1. The van der Waals surface area contributed by atoms with Crippen LogP contribution < -0.4 is 11.1 Å². The lowest BCUT2D eigenvalue weighted by atomic mass is 10.1. The largest absolute Gasteiger partial charge is 0.476 e. The molecule has 0 unspecified atom stereocenters. The smallest absolute Gasteiger partial charge is 0.422 e. The number of alkyl halides is 3. The average molecular weight is 278 g/mol. The summed E-state index contributed by atoms with van der Waals surface area (Å²) >= 11 is 0. The first-order valence-electron chi connectivity index (χ1n) is 5.71. The van der Waals surface area contributed by atoms with Crippen LogP contribution in [0.4, 0.5) is 19.0 Å². The fraction of sp³-hybridized carbons (Fsp3) is 0.600. The third-order valence-corrected chi connectivity index (χ3v) is 3.09. The van der Waals surface area contributed by atoms with Gasteiger partial charge in [-0.1, -0.05) is 0 Å². The molecule has 0 aliphatic carbocycles. The molecule has 1 aliphatic heterocycles. The number of carboxylic acid groups (broad SMARTS) is 1. The van der Waals surface area contributed by atoms with Crippen LogP contribution >= 0.6 is 0 Å². The minimum absolute atomic E-state index is 0.310. The quantitative estimate of drug-likeness (QED) is 0.753. The minimum Gasteiger partial charge on any atom is -0.476 e. The number of nitrogens with zero attached hydrogens (tertiary/aromatic N) is 2. The Morgan fingerprint density at radius 3 is 2.42 bits per heavy atom. The number of anilines is 1. The second-order valence-corrected chi connectivity index (χ2v) is 4.34. The molecule has 0 atom stereocenters. The van der Waals surface area contributed by atoms with Crippen LogP contribution in [-0.4, -0.2) is 33.9 Å². The van der Waals surface area contributed by atoms with E-state index in [4.69, 9.17) is 10.8 Å². The SMILES string of the molecule is Nc1c(C(F)(F)F)c(C(=O)O)nn1C1CCNCC1. The molecule has 1 saturated heterocycles. The Morgan fingerprint density at radius 1 is 1.42 bits per heavy atom. The van der Waals surface area contributed by atoms with Crippen molar-refractivity contribution in [2.45, 2.75) is 25.1 Å². The second kappa shape index (κ2) is 4.72. The van der Waals surface area contributed by atoms with Gasteiger partial charge in [-0.3, -0.25) is 0 Å². The highest BCUT2D eigenvalue weighted by Gasteiger charge is 2.42. The van der Waals surface area contributed by atoms with Crippen molar-refractivity contribution in [3.63, 3.8) is 0 Å². The van der Waals surface area contributed by atoms with Crippen molar-refractivity contribution in [2.24, 2.45) is 0 Å². The van der Waals surface area contributed by atoms with E-state index in [0.29, 0.717) is 25.9 Å². The van der Waals surface area contributed by atoms with Crippen molar-refractivity contribution < 1.29 is 23.1 Å². The predicted octanol–water partition coefficient (Wildman–Crippen LogP) is 1.11. The highest BCUT2D eigenvalue weighted by atomic mass is 19.4. The molecule has 1 aromatic rings. The number of nitrogens with one attached hydrogen (secondary N) is 1. The number of piperidine rings is 1. The van der Waals surface area contributed by atoms with Gasteiger partial charge in [0.2, 0.25) is 0 Å². The predicted molar refractivity (Wildman–Crippen MR) is 59.7 cm³/mol. The van der Waals surface area contributed by atoms with Crippen LogP contribution in [0.5, 0.6) is 0 Å². The van der Waals surface area contributed by atoms with Gasteiger partial charge in [-0.05, 0) is 25.9 Å². The van der Waals surface area contributed by atoms with Crippen LogP contribution in [0, 0.1) is 0 Å². The van der Waals surface area contributed by atoms with E-state index < -0.39 is 29.2 Å². The molecule has 1 fully saturated rings. The molecule has 0 spiro atoms. The molecule has 6 nitrogen and oxygen atoms in total. The van der Waals surface area contributed by atoms with Gasteiger partial charge in [-0.15, -0.1) is 0 Å². The maximum atomic E-state index is 12.8. The Kier molecular flexibility index (Phi) is 3.40. The molecule has 9 heteroatoms. The fourth-order valence-electron chi connectivity index (χ4n) is 2.21. The minimum atomic E-state index is -4.83. The van der Waals surface area contributed by atoms with Gasteiger partial charge in [0, 0.05) is 0 Å². The van der Waals surface area contributed by atoms with Crippen molar-refractivity contribution >= 4 is 11.8 Å². The highest BCUT2D eigenvalue weighted by molar-refractivity contribution is 5.89. The number of nitrogen functional groups attached to an aromatic ring is 1. The molecule has 2 heterocycles. The van der Waals surface area contributed by atoms with Crippen molar-refractivity contribution in [1.82, 2.24) is 15.1 Å². The molecule has 0 bridgehead atoms.